The van der Waals surface area contributed by atoms with Gasteiger partial charge >= 0.3 is 6.18 Å². The molecular weight excluding hydrogens is 293 g/mol. The van der Waals surface area contributed by atoms with E-state index in [1.807, 2.05) is 0 Å². The molecule has 0 spiro atoms. The SMILES string of the molecule is CN(CC(F)(F)F)S(=O)(=O)c1ccc(C#CCN)cc1. The zero-order chi connectivity index (χ0) is 15.4. The van der Waals surface area contributed by atoms with E-state index in [9.17, 15) is 21.6 Å². The quantitative estimate of drug-likeness (QED) is 0.853. The summed E-state index contributed by atoms with van der Waals surface area (Å²) in [6, 6.07) is 5.25. The van der Waals surface area contributed by atoms with Crippen molar-refractivity contribution < 1.29 is 21.6 Å². The molecule has 0 bridgehead atoms. The Hall–Kier alpha value is -1.56. The van der Waals surface area contributed by atoms with E-state index in [1.165, 1.54) is 24.3 Å². The minimum absolute atomic E-state index is 0.161. The molecule has 1 aromatic carbocycles. The zero-order valence-electron chi connectivity index (χ0n) is 10.6. The summed E-state index contributed by atoms with van der Waals surface area (Å²) in [4.78, 5) is -0.220. The fraction of sp³-hybridized carbons (Fsp3) is 0.333. The maximum atomic E-state index is 12.2. The van der Waals surface area contributed by atoms with Crippen LogP contribution in [0.3, 0.4) is 0 Å². The third-order valence-corrected chi connectivity index (χ3v) is 4.12. The minimum atomic E-state index is -4.59. The Labute approximate surface area is 115 Å². The summed E-state index contributed by atoms with van der Waals surface area (Å²) in [7, 11) is -3.29. The van der Waals surface area contributed by atoms with Crippen LogP contribution in [-0.4, -0.2) is 39.0 Å². The molecule has 0 saturated heterocycles. The van der Waals surface area contributed by atoms with Crippen LogP contribution in [0.5, 0.6) is 0 Å². The predicted octanol–water partition coefficient (Wildman–Crippen LogP) is 1.18. The van der Waals surface area contributed by atoms with Crippen LogP contribution >= 0.6 is 0 Å². The molecule has 0 radical (unpaired) electrons. The molecule has 1 aromatic rings. The van der Waals surface area contributed by atoms with Gasteiger partial charge in [0.25, 0.3) is 0 Å². The van der Waals surface area contributed by atoms with Crippen molar-refractivity contribution in [3.8, 4) is 11.8 Å². The zero-order valence-corrected chi connectivity index (χ0v) is 11.4. The van der Waals surface area contributed by atoms with E-state index >= 15 is 0 Å². The summed E-state index contributed by atoms with van der Waals surface area (Å²) in [6.07, 6.45) is -4.59. The predicted molar refractivity (Wildman–Crippen MR) is 68.2 cm³/mol. The third kappa shape index (κ3) is 4.52. The Bertz CT molecular complexity index is 613. The molecule has 0 aliphatic rings. The van der Waals surface area contributed by atoms with Crippen LogP contribution < -0.4 is 5.73 Å². The number of nitrogens with two attached hydrogens (primary N) is 1. The first kappa shape index (κ1) is 16.5. The van der Waals surface area contributed by atoms with E-state index in [-0.39, 0.29) is 15.7 Å². The minimum Gasteiger partial charge on any atom is -0.320 e. The number of rotatable bonds is 3. The fourth-order valence-electron chi connectivity index (χ4n) is 1.38. The lowest BCUT2D eigenvalue weighted by atomic mass is 10.2. The second kappa shape index (κ2) is 6.26. The maximum Gasteiger partial charge on any atom is 0.402 e. The summed E-state index contributed by atoms with van der Waals surface area (Å²) in [5.74, 6) is 5.27. The summed E-state index contributed by atoms with van der Waals surface area (Å²) in [6.45, 7) is -1.38. The molecule has 0 heterocycles. The number of hydrogen-bond donors (Lipinski definition) is 1. The highest BCUT2D eigenvalue weighted by Crippen LogP contribution is 2.21. The third-order valence-electron chi connectivity index (χ3n) is 2.30. The molecular formula is C12H13F3N2O2S. The second-order valence-electron chi connectivity index (χ2n) is 3.91. The Morgan fingerprint density at radius 3 is 2.25 bits per heavy atom. The molecule has 0 fully saturated rings. The van der Waals surface area contributed by atoms with Gasteiger partial charge in [-0.05, 0) is 24.3 Å². The Balaban J connectivity index is 2.98. The fourth-order valence-corrected chi connectivity index (χ4v) is 2.54. The standard InChI is InChI=1S/C12H13F3N2O2S/c1-17(9-12(13,14)15)20(18,19)11-6-4-10(5-7-11)3-2-8-16/h4-7H,8-9,16H2,1H3. The van der Waals surface area contributed by atoms with Crippen molar-refractivity contribution in [2.75, 3.05) is 20.1 Å². The van der Waals surface area contributed by atoms with Gasteiger partial charge in [-0.25, -0.2) is 8.42 Å². The highest BCUT2D eigenvalue weighted by molar-refractivity contribution is 7.89. The lowest BCUT2D eigenvalue weighted by Gasteiger charge is -2.18. The molecule has 0 saturated carbocycles. The van der Waals surface area contributed by atoms with Crippen molar-refractivity contribution in [3.05, 3.63) is 29.8 Å². The Kier molecular flexibility index (Phi) is 5.16. The first-order valence-electron chi connectivity index (χ1n) is 5.49. The normalized spacial score (nSPS) is 12.1. The van der Waals surface area contributed by atoms with E-state index in [1.54, 1.807) is 0 Å². The van der Waals surface area contributed by atoms with Gasteiger partial charge in [-0.1, -0.05) is 11.8 Å². The van der Waals surface area contributed by atoms with Gasteiger partial charge < -0.3 is 5.73 Å². The first-order valence-corrected chi connectivity index (χ1v) is 6.93. The largest absolute Gasteiger partial charge is 0.402 e. The molecule has 0 amide bonds. The average Bonchev–Trinajstić information content (AvgIpc) is 2.34. The van der Waals surface area contributed by atoms with E-state index < -0.39 is 22.7 Å². The number of nitrogens with zero attached hydrogens (tertiary/aromatic N) is 1. The lowest BCUT2D eigenvalue weighted by Crippen LogP contribution is -2.35. The van der Waals surface area contributed by atoms with Crippen molar-refractivity contribution in [2.24, 2.45) is 5.73 Å². The van der Waals surface area contributed by atoms with Crippen LogP contribution in [0.2, 0.25) is 0 Å². The average molecular weight is 306 g/mol. The van der Waals surface area contributed by atoms with Crippen LogP contribution in [-0.2, 0) is 10.0 Å². The van der Waals surface area contributed by atoms with Gasteiger partial charge in [-0.2, -0.15) is 17.5 Å². The van der Waals surface area contributed by atoms with E-state index in [0.717, 1.165) is 7.05 Å². The van der Waals surface area contributed by atoms with Gasteiger partial charge in [0.05, 0.1) is 11.4 Å². The van der Waals surface area contributed by atoms with Crippen LogP contribution in [0, 0.1) is 11.8 Å². The monoisotopic (exact) mass is 306 g/mol. The molecule has 0 aromatic heterocycles. The second-order valence-corrected chi connectivity index (χ2v) is 5.95. The van der Waals surface area contributed by atoms with Crippen LogP contribution in [0.25, 0.3) is 0 Å². The highest BCUT2D eigenvalue weighted by Gasteiger charge is 2.34. The van der Waals surface area contributed by atoms with Crippen LogP contribution in [0.1, 0.15) is 5.56 Å². The van der Waals surface area contributed by atoms with Crippen molar-refractivity contribution in [3.63, 3.8) is 0 Å². The molecule has 1 rings (SSSR count). The number of alkyl halides is 3. The van der Waals surface area contributed by atoms with Gasteiger partial charge in [0.2, 0.25) is 10.0 Å². The molecule has 0 aliphatic carbocycles. The summed E-state index contributed by atoms with van der Waals surface area (Å²) >= 11 is 0. The highest BCUT2D eigenvalue weighted by atomic mass is 32.2. The number of hydrogen-bond acceptors (Lipinski definition) is 3. The molecule has 0 aliphatic heterocycles. The van der Waals surface area contributed by atoms with Crippen LogP contribution in [0.4, 0.5) is 13.2 Å². The van der Waals surface area contributed by atoms with Crippen LogP contribution in [0.15, 0.2) is 29.2 Å². The Morgan fingerprint density at radius 1 is 1.25 bits per heavy atom. The lowest BCUT2D eigenvalue weighted by molar-refractivity contribution is -0.134. The molecule has 0 unspecified atom stereocenters. The van der Waals surface area contributed by atoms with E-state index in [4.69, 9.17) is 5.73 Å². The van der Waals surface area contributed by atoms with Gasteiger partial charge in [-0.3, -0.25) is 0 Å². The number of halogens is 3. The van der Waals surface area contributed by atoms with Gasteiger partial charge in [0.1, 0.15) is 6.54 Å². The Morgan fingerprint density at radius 2 is 1.80 bits per heavy atom. The van der Waals surface area contributed by atoms with Gasteiger partial charge in [-0.15, -0.1) is 0 Å². The van der Waals surface area contributed by atoms with E-state index in [0.29, 0.717) is 5.56 Å². The molecule has 4 nitrogen and oxygen atoms in total. The summed E-state index contributed by atoms with van der Waals surface area (Å²) in [5, 5.41) is 0. The first-order chi connectivity index (χ1) is 9.16. The molecule has 2 N–H and O–H groups in total. The van der Waals surface area contributed by atoms with Gasteiger partial charge in [0.15, 0.2) is 0 Å². The topological polar surface area (TPSA) is 63.4 Å². The molecule has 110 valence electrons. The number of benzene rings is 1. The maximum absolute atomic E-state index is 12.2. The molecule has 0 atom stereocenters. The molecule has 20 heavy (non-hydrogen) atoms. The van der Waals surface area contributed by atoms with Crippen molar-refractivity contribution in [1.82, 2.24) is 4.31 Å². The van der Waals surface area contributed by atoms with Gasteiger partial charge in [0, 0.05) is 12.6 Å². The molecule has 8 heteroatoms. The smallest absolute Gasteiger partial charge is 0.320 e. The van der Waals surface area contributed by atoms with Crippen molar-refractivity contribution in [2.45, 2.75) is 11.1 Å². The van der Waals surface area contributed by atoms with E-state index in [2.05, 4.69) is 11.8 Å². The number of sulfonamides is 1. The van der Waals surface area contributed by atoms with Crippen molar-refractivity contribution in [1.29, 1.82) is 0 Å². The summed E-state index contributed by atoms with van der Waals surface area (Å²) in [5.41, 5.74) is 5.73. The van der Waals surface area contributed by atoms with Crippen molar-refractivity contribution >= 4 is 10.0 Å². The summed E-state index contributed by atoms with van der Waals surface area (Å²) < 4.78 is 60.7.